The van der Waals surface area contributed by atoms with Crippen LogP contribution in [0, 0.1) is 0 Å². The summed E-state index contributed by atoms with van der Waals surface area (Å²) in [5, 5.41) is 9.69. The Hall–Kier alpha value is -1.48. The van der Waals surface area contributed by atoms with Crippen molar-refractivity contribution in [3.05, 3.63) is 35.0 Å². The average Bonchev–Trinajstić information content (AvgIpc) is 2.52. The van der Waals surface area contributed by atoms with Gasteiger partial charge in [-0.1, -0.05) is 17.7 Å². The standard InChI is InChI=1S/C9H5ClO3/c10-7-6(9(11)12)2-1-5-3-4-13-8(5)7/h1-4H,(H,11,12). The van der Waals surface area contributed by atoms with Gasteiger partial charge in [0.1, 0.15) is 0 Å². The van der Waals surface area contributed by atoms with Gasteiger partial charge in [0.2, 0.25) is 0 Å². The van der Waals surface area contributed by atoms with Gasteiger partial charge < -0.3 is 9.52 Å². The fourth-order valence-corrected chi connectivity index (χ4v) is 1.46. The van der Waals surface area contributed by atoms with Gasteiger partial charge in [0.25, 0.3) is 0 Å². The third-order valence-electron chi connectivity index (χ3n) is 1.79. The van der Waals surface area contributed by atoms with E-state index < -0.39 is 5.97 Å². The summed E-state index contributed by atoms with van der Waals surface area (Å²) in [6.45, 7) is 0. The van der Waals surface area contributed by atoms with Crippen LogP contribution in [0.3, 0.4) is 0 Å². The molecule has 0 aliphatic rings. The normalized spacial score (nSPS) is 10.5. The first-order chi connectivity index (χ1) is 6.20. The quantitative estimate of drug-likeness (QED) is 0.763. The molecule has 3 nitrogen and oxygen atoms in total. The molecule has 1 aromatic heterocycles. The largest absolute Gasteiger partial charge is 0.478 e. The Bertz CT molecular complexity index is 473. The van der Waals surface area contributed by atoms with Gasteiger partial charge in [-0.2, -0.15) is 0 Å². The van der Waals surface area contributed by atoms with Crippen LogP contribution >= 0.6 is 11.6 Å². The Morgan fingerprint density at radius 2 is 2.15 bits per heavy atom. The molecule has 2 aromatic rings. The van der Waals surface area contributed by atoms with Crippen molar-refractivity contribution in [2.24, 2.45) is 0 Å². The molecule has 0 saturated heterocycles. The van der Waals surface area contributed by atoms with Crippen LogP contribution in [0.1, 0.15) is 10.4 Å². The Kier molecular flexibility index (Phi) is 1.74. The number of carbonyl (C=O) groups is 1. The van der Waals surface area contributed by atoms with Crippen molar-refractivity contribution in [3.8, 4) is 0 Å². The van der Waals surface area contributed by atoms with Crippen LogP contribution in [0.5, 0.6) is 0 Å². The van der Waals surface area contributed by atoms with E-state index >= 15 is 0 Å². The van der Waals surface area contributed by atoms with Crippen LogP contribution in [-0.4, -0.2) is 11.1 Å². The SMILES string of the molecule is O=C(O)c1ccc2ccoc2c1Cl. The van der Waals surface area contributed by atoms with Gasteiger partial charge >= 0.3 is 5.97 Å². The lowest BCUT2D eigenvalue weighted by atomic mass is 10.2. The minimum absolute atomic E-state index is 0.0594. The van der Waals surface area contributed by atoms with Crippen LogP contribution < -0.4 is 0 Å². The van der Waals surface area contributed by atoms with Gasteiger partial charge in [-0.05, 0) is 12.1 Å². The highest BCUT2D eigenvalue weighted by molar-refractivity contribution is 6.37. The summed E-state index contributed by atoms with van der Waals surface area (Å²) in [5.74, 6) is -1.05. The second kappa shape index (κ2) is 2.78. The molecule has 1 N–H and O–H groups in total. The van der Waals surface area contributed by atoms with E-state index in [2.05, 4.69) is 0 Å². The highest BCUT2D eigenvalue weighted by Crippen LogP contribution is 2.27. The van der Waals surface area contributed by atoms with E-state index in [1.54, 1.807) is 12.1 Å². The first kappa shape index (κ1) is 8.13. The number of aromatic carboxylic acids is 1. The first-order valence-electron chi connectivity index (χ1n) is 3.59. The number of benzene rings is 1. The summed E-state index contributed by atoms with van der Waals surface area (Å²) in [6.07, 6.45) is 1.47. The van der Waals surface area contributed by atoms with Gasteiger partial charge in [-0.25, -0.2) is 4.79 Å². The zero-order chi connectivity index (χ0) is 9.42. The second-order valence-electron chi connectivity index (χ2n) is 2.57. The van der Waals surface area contributed by atoms with E-state index in [0.29, 0.717) is 5.58 Å². The lowest BCUT2D eigenvalue weighted by molar-refractivity contribution is 0.0697. The lowest BCUT2D eigenvalue weighted by Gasteiger charge is -1.97. The highest BCUT2D eigenvalue weighted by Gasteiger charge is 2.12. The summed E-state index contributed by atoms with van der Waals surface area (Å²) in [7, 11) is 0. The molecule has 0 saturated carbocycles. The number of rotatable bonds is 1. The molecule has 2 rings (SSSR count). The zero-order valence-corrected chi connectivity index (χ0v) is 7.21. The molecule has 0 fully saturated rings. The summed E-state index contributed by atoms with van der Waals surface area (Å²) < 4.78 is 5.04. The van der Waals surface area contributed by atoms with Crippen molar-refractivity contribution in [3.63, 3.8) is 0 Å². The Labute approximate surface area is 78.5 Å². The summed E-state index contributed by atoms with van der Waals surface area (Å²) >= 11 is 5.80. The number of furan rings is 1. The number of halogens is 1. The summed E-state index contributed by atoms with van der Waals surface area (Å²) in [6, 6.07) is 4.85. The van der Waals surface area contributed by atoms with E-state index in [9.17, 15) is 4.79 Å². The maximum atomic E-state index is 10.7. The summed E-state index contributed by atoms with van der Waals surface area (Å²) in [4.78, 5) is 10.7. The maximum Gasteiger partial charge on any atom is 0.337 e. The van der Waals surface area contributed by atoms with Crippen molar-refractivity contribution in [1.29, 1.82) is 0 Å². The minimum Gasteiger partial charge on any atom is -0.478 e. The van der Waals surface area contributed by atoms with Crippen molar-refractivity contribution in [2.75, 3.05) is 0 Å². The molecule has 0 radical (unpaired) electrons. The molecule has 0 spiro atoms. The number of carboxylic acids is 1. The van der Waals surface area contributed by atoms with Gasteiger partial charge in [-0.3, -0.25) is 0 Å². The third kappa shape index (κ3) is 1.17. The Balaban J connectivity index is 2.80. The average molecular weight is 197 g/mol. The maximum absolute atomic E-state index is 10.7. The molecular formula is C9H5ClO3. The molecule has 1 heterocycles. The molecule has 0 bridgehead atoms. The van der Waals surface area contributed by atoms with Crippen LogP contribution in [0.4, 0.5) is 0 Å². The Morgan fingerprint density at radius 1 is 1.38 bits per heavy atom. The van der Waals surface area contributed by atoms with E-state index in [4.69, 9.17) is 21.1 Å². The predicted octanol–water partition coefficient (Wildman–Crippen LogP) is 2.78. The molecule has 13 heavy (non-hydrogen) atoms. The fourth-order valence-electron chi connectivity index (χ4n) is 1.16. The smallest absolute Gasteiger partial charge is 0.337 e. The molecule has 0 amide bonds. The van der Waals surface area contributed by atoms with E-state index in [1.165, 1.54) is 12.3 Å². The van der Waals surface area contributed by atoms with Crippen molar-refractivity contribution >= 4 is 28.5 Å². The van der Waals surface area contributed by atoms with E-state index in [0.717, 1.165) is 5.39 Å². The molecule has 0 atom stereocenters. The van der Waals surface area contributed by atoms with Gasteiger partial charge in [0.05, 0.1) is 16.8 Å². The number of hydrogen-bond acceptors (Lipinski definition) is 2. The monoisotopic (exact) mass is 196 g/mol. The van der Waals surface area contributed by atoms with E-state index in [-0.39, 0.29) is 10.6 Å². The molecule has 0 aliphatic carbocycles. The first-order valence-corrected chi connectivity index (χ1v) is 3.97. The molecule has 4 heteroatoms. The van der Waals surface area contributed by atoms with Gasteiger partial charge in [0.15, 0.2) is 5.58 Å². The predicted molar refractivity (Wildman–Crippen MR) is 48.2 cm³/mol. The molecule has 0 aliphatic heterocycles. The topological polar surface area (TPSA) is 50.4 Å². The zero-order valence-electron chi connectivity index (χ0n) is 6.45. The minimum atomic E-state index is -1.05. The molecular weight excluding hydrogens is 192 g/mol. The number of hydrogen-bond donors (Lipinski definition) is 1. The number of fused-ring (bicyclic) bond motifs is 1. The summed E-state index contributed by atoms with van der Waals surface area (Å²) in [5.41, 5.74) is 0.477. The third-order valence-corrected chi connectivity index (χ3v) is 2.17. The molecule has 0 unspecified atom stereocenters. The second-order valence-corrected chi connectivity index (χ2v) is 2.95. The van der Waals surface area contributed by atoms with Crippen molar-refractivity contribution < 1.29 is 14.3 Å². The van der Waals surface area contributed by atoms with Crippen LogP contribution in [0.15, 0.2) is 28.9 Å². The van der Waals surface area contributed by atoms with Crippen LogP contribution in [0.2, 0.25) is 5.02 Å². The fraction of sp³-hybridized carbons (Fsp3) is 0. The highest BCUT2D eigenvalue weighted by atomic mass is 35.5. The van der Waals surface area contributed by atoms with Crippen LogP contribution in [0.25, 0.3) is 11.0 Å². The van der Waals surface area contributed by atoms with Crippen LogP contribution in [-0.2, 0) is 0 Å². The van der Waals surface area contributed by atoms with Crippen molar-refractivity contribution in [1.82, 2.24) is 0 Å². The van der Waals surface area contributed by atoms with E-state index in [1.807, 2.05) is 0 Å². The Morgan fingerprint density at radius 3 is 2.85 bits per heavy atom. The molecule has 66 valence electrons. The number of carboxylic acid groups (broad SMARTS) is 1. The van der Waals surface area contributed by atoms with Crippen molar-refractivity contribution in [2.45, 2.75) is 0 Å². The lowest BCUT2D eigenvalue weighted by Crippen LogP contribution is -1.96. The van der Waals surface area contributed by atoms with Gasteiger partial charge in [-0.15, -0.1) is 0 Å². The molecule has 1 aromatic carbocycles. The van der Waals surface area contributed by atoms with Gasteiger partial charge in [0, 0.05) is 5.39 Å².